The van der Waals surface area contributed by atoms with Crippen LogP contribution < -0.4 is 10.1 Å². The van der Waals surface area contributed by atoms with E-state index < -0.39 is 0 Å². The molecule has 0 bridgehead atoms. The topological polar surface area (TPSA) is 64.1 Å². The van der Waals surface area contributed by atoms with E-state index >= 15 is 0 Å². The molecule has 0 aliphatic carbocycles. The Bertz CT molecular complexity index is 1410. The summed E-state index contributed by atoms with van der Waals surface area (Å²) >= 11 is 0. The summed E-state index contributed by atoms with van der Waals surface area (Å²) in [6.07, 6.45) is 1.72. The van der Waals surface area contributed by atoms with E-state index in [1.807, 2.05) is 84.9 Å². The molecule has 1 amide bonds. The first kappa shape index (κ1) is 18.8. The van der Waals surface area contributed by atoms with E-state index in [4.69, 9.17) is 9.72 Å². The summed E-state index contributed by atoms with van der Waals surface area (Å²) in [7, 11) is 1.63. The first-order valence-electron chi connectivity index (χ1n) is 9.92. The van der Waals surface area contributed by atoms with Crippen molar-refractivity contribution in [2.75, 3.05) is 12.4 Å². The van der Waals surface area contributed by atoms with Crippen LogP contribution in [0.2, 0.25) is 0 Å². The van der Waals surface area contributed by atoms with E-state index in [2.05, 4.69) is 10.3 Å². The molecule has 0 saturated carbocycles. The van der Waals surface area contributed by atoms with Gasteiger partial charge < -0.3 is 10.1 Å². The number of anilines is 1. The first-order valence-corrected chi connectivity index (χ1v) is 9.92. The van der Waals surface area contributed by atoms with Crippen LogP contribution in [0.15, 0.2) is 91.1 Å². The second-order valence-corrected chi connectivity index (χ2v) is 7.14. The average molecular weight is 405 g/mol. The third-order valence-corrected chi connectivity index (χ3v) is 5.23. The molecule has 0 spiro atoms. The minimum Gasteiger partial charge on any atom is -0.497 e. The van der Waals surface area contributed by atoms with Crippen LogP contribution in [0.25, 0.3) is 33.1 Å². The Morgan fingerprint density at radius 2 is 1.71 bits per heavy atom. The van der Waals surface area contributed by atoms with Gasteiger partial charge in [-0.3, -0.25) is 9.78 Å². The normalized spacial score (nSPS) is 10.9. The van der Waals surface area contributed by atoms with Crippen LogP contribution in [-0.4, -0.2) is 23.0 Å². The number of pyridine rings is 2. The Morgan fingerprint density at radius 1 is 0.903 bits per heavy atom. The lowest BCUT2D eigenvalue weighted by Crippen LogP contribution is -2.13. The average Bonchev–Trinajstić information content (AvgIpc) is 2.83. The number of benzene rings is 3. The molecule has 0 aliphatic rings. The molecule has 0 aliphatic heterocycles. The molecule has 0 atom stereocenters. The number of rotatable bonds is 4. The highest BCUT2D eigenvalue weighted by Crippen LogP contribution is 2.28. The smallest absolute Gasteiger partial charge is 0.256 e. The number of nitrogens with zero attached hydrogens (tertiary/aromatic N) is 2. The number of nitrogens with one attached hydrogen (secondary N) is 1. The number of hydrogen-bond donors (Lipinski definition) is 1. The van der Waals surface area contributed by atoms with E-state index in [1.54, 1.807) is 13.3 Å². The van der Waals surface area contributed by atoms with Crippen molar-refractivity contribution < 1.29 is 9.53 Å². The van der Waals surface area contributed by atoms with Gasteiger partial charge in [-0.15, -0.1) is 0 Å². The van der Waals surface area contributed by atoms with Gasteiger partial charge in [-0.25, -0.2) is 4.98 Å². The van der Waals surface area contributed by atoms with Gasteiger partial charge in [-0.05, 0) is 48.5 Å². The maximum Gasteiger partial charge on any atom is 0.256 e. The lowest BCUT2D eigenvalue weighted by atomic mass is 10.0. The van der Waals surface area contributed by atoms with Crippen LogP contribution in [0.5, 0.6) is 5.75 Å². The predicted octanol–water partition coefficient (Wildman–Crippen LogP) is 5.71. The second kappa shape index (κ2) is 7.88. The minimum absolute atomic E-state index is 0.202. The van der Waals surface area contributed by atoms with Crippen molar-refractivity contribution in [1.82, 2.24) is 9.97 Å². The number of amides is 1. The molecular formula is C26H19N3O2. The molecule has 0 fully saturated rings. The van der Waals surface area contributed by atoms with Crippen molar-refractivity contribution >= 4 is 33.4 Å². The van der Waals surface area contributed by atoms with Crippen LogP contribution in [0.1, 0.15) is 10.4 Å². The predicted molar refractivity (Wildman–Crippen MR) is 123 cm³/mol. The molecule has 2 aromatic heterocycles. The molecule has 0 unspecified atom stereocenters. The van der Waals surface area contributed by atoms with Gasteiger partial charge in [-0.1, -0.05) is 36.4 Å². The highest BCUT2D eigenvalue weighted by molar-refractivity contribution is 6.15. The summed E-state index contributed by atoms with van der Waals surface area (Å²) in [4.78, 5) is 22.6. The third kappa shape index (κ3) is 3.57. The zero-order valence-corrected chi connectivity index (χ0v) is 16.9. The second-order valence-electron chi connectivity index (χ2n) is 7.14. The van der Waals surface area contributed by atoms with E-state index in [0.717, 1.165) is 38.8 Å². The Labute approximate surface area is 179 Å². The van der Waals surface area contributed by atoms with E-state index in [0.29, 0.717) is 11.3 Å². The standard InChI is InChI=1S/C26H19N3O2/c1-31-19-13-11-17(12-14-19)24-16-21(20-8-2-3-9-22(20)28-24)26(30)29-23-10-4-6-18-7-5-15-27-25(18)23/h2-16H,1H3,(H,29,30). The first-order chi connectivity index (χ1) is 15.2. The zero-order chi connectivity index (χ0) is 21.2. The highest BCUT2D eigenvalue weighted by Gasteiger charge is 2.15. The number of fused-ring (bicyclic) bond motifs is 2. The summed E-state index contributed by atoms with van der Waals surface area (Å²) in [6.45, 7) is 0. The quantitative estimate of drug-likeness (QED) is 0.416. The number of para-hydroxylation sites is 2. The van der Waals surface area contributed by atoms with Crippen molar-refractivity contribution in [3.63, 3.8) is 0 Å². The van der Waals surface area contributed by atoms with Gasteiger partial charge in [-0.2, -0.15) is 0 Å². The lowest BCUT2D eigenvalue weighted by Gasteiger charge is -2.12. The van der Waals surface area contributed by atoms with Crippen LogP contribution in [0, 0.1) is 0 Å². The fourth-order valence-corrected chi connectivity index (χ4v) is 3.67. The molecule has 150 valence electrons. The number of ether oxygens (including phenoxy) is 1. The molecule has 0 radical (unpaired) electrons. The van der Waals surface area contributed by atoms with Gasteiger partial charge in [0.1, 0.15) is 5.75 Å². The van der Waals surface area contributed by atoms with Gasteiger partial charge in [0, 0.05) is 22.5 Å². The van der Waals surface area contributed by atoms with Crippen molar-refractivity contribution in [2.45, 2.75) is 0 Å². The monoisotopic (exact) mass is 405 g/mol. The number of carbonyl (C=O) groups is 1. The number of methoxy groups -OCH3 is 1. The van der Waals surface area contributed by atoms with E-state index in [9.17, 15) is 4.79 Å². The fraction of sp³-hybridized carbons (Fsp3) is 0.0385. The Balaban J connectivity index is 1.60. The fourth-order valence-electron chi connectivity index (χ4n) is 3.67. The Morgan fingerprint density at radius 3 is 2.55 bits per heavy atom. The van der Waals surface area contributed by atoms with Crippen molar-refractivity contribution in [3.8, 4) is 17.0 Å². The van der Waals surface area contributed by atoms with Crippen molar-refractivity contribution in [3.05, 3.63) is 96.7 Å². The molecule has 0 saturated heterocycles. The van der Waals surface area contributed by atoms with Crippen LogP contribution in [0.4, 0.5) is 5.69 Å². The summed E-state index contributed by atoms with van der Waals surface area (Å²) in [5.41, 5.74) is 4.39. The van der Waals surface area contributed by atoms with Gasteiger partial charge in [0.05, 0.1) is 35.1 Å². The van der Waals surface area contributed by atoms with Gasteiger partial charge in [0.2, 0.25) is 0 Å². The molecule has 5 aromatic rings. The molecule has 1 N–H and O–H groups in total. The van der Waals surface area contributed by atoms with Crippen molar-refractivity contribution in [2.24, 2.45) is 0 Å². The van der Waals surface area contributed by atoms with Gasteiger partial charge in [0.15, 0.2) is 0 Å². The maximum atomic E-state index is 13.4. The Kier molecular flexibility index (Phi) is 4.77. The molecule has 5 rings (SSSR count). The largest absolute Gasteiger partial charge is 0.497 e. The van der Waals surface area contributed by atoms with Crippen LogP contribution >= 0.6 is 0 Å². The summed E-state index contributed by atoms with van der Waals surface area (Å²) in [6, 6.07) is 26.7. The Hall–Kier alpha value is -4.25. The third-order valence-electron chi connectivity index (χ3n) is 5.23. The molecule has 31 heavy (non-hydrogen) atoms. The molecule has 2 heterocycles. The van der Waals surface area contributed by atoms with Crippen LogP contribution in [-0.2, 0) is 0 Å². The summed E-state index contributed by atoms with van der Waals surface area (Å²) in [5, 5.41) is 4.81. The molecular weight excluding hydrogens is 386 g/mol. The van der Waals surface area contributed by atoms with E-state index in [1.165, 1.54) is 0 Å². The van der Waals surface area contributed by atoms with Crippen LogP contribution in [0.3, 0.4) is 0 Å². The van der Waals surface area contributed by atoms with Gasteiger partial charge >= 0.3 is 0 Å². The molecule has 3 aromatic carbocycles. The molecule has 5 nitrogen and oxygen atoms in total. The maximum absolute atomic E-state index is 13.4. The number of hydrogen-bond acceptors (Lipinski definition) is 4. The van der Waals surface area contributed by atoms with Crippen molar-refractivity contribution in [1.29, 1.82) is 0 Å². The van der Waals surface area contributed by atoms with E-state index in [-0.39, 0.29) is 5.91 Å². The lowest BCUT2D eigenvalue weighted by molar-refractivity contribution is 0.102. The zero-order valence-electron chi connectivity index (χ0n) is 16.9. The summed E-state index contributed by atoms with van der Waals surface area (Å²) < 4.78 is 5.25. The SMILES string of the molecule is COc1ccc(-c2cc(C(=O)Nc3cccc4cccnc34)c3ccccc3n2)cc1. The van der Waals surface area contributed by atoms with Gasteiger partial charge in [0.25, 0.3) is 5.91 Å². The molecule has 5 heteroatoms. The summed E-state index contributed by atoms with van der Waals surface area (Å²) in [5.74, 6) is 0.567. The number of aromatic nitrogens is 2. The number of carbonyl (C=O) groups excluding carboxylic acids is 1. The minimum atomic E-state index is -0.202. The highest BCUT2D eigenvalue weighted by atomic mass is 16.5.